The summed E-state index contributed by atoms with van der Waals surface area (Å²) in [7, 11) is 0. The van der Waals surface area contributed by atoms with Gasteiger partial charge in [0.1, 0.15) is 0 Å². The molecule has 0 unspecified atom stereocenters. The zero-order chi connectivity index (χ0) is 15.5. The van der Waals surface area contributed by atoms with E-state index < -0.39 is 16.7 Å². The van der Waals surface area contributed by atoms with Crippen LogP contribution in [0.3, 0.4) is 0 Å². The number of alkyl halides is 3. The van der Waals surface area contributed by atoms with E-state index in [0.29, 0.717) is 0 Å². The van der Waals surface area contributed by atoms with E-state index >= 15 is 0 Å². The van der Waals surface area contributed by atoms with Crippen LogP contribution in [-0.2, 0) is 15.1 Å². The van der Waals surface area contributed by atoms with Crippen molar-refractivity contribution in [1.82, 2.24) is 0 Å². The van der Waals surface area contributed by atoms with Gasteiger partial charge >= 0.3 is 6.36 Å². The van der Waals surface area contributed by atoms with Gasteiger partial charge in [-0.3, -0.25) is 9.53 Å². The average molecular weight is 359 g/mol. The Hall–Kier alpha value is -1.66. The molecule has 0 spiro atoms. The van der Waals surface area contributed by atoms with E-state index in [1.54, 1.807) is 36.4 Å². The highest BCUT2D eigenvalue weighted by molar-refractivity contribution is 9.18. The van der Waals surface area contributed by atoms with E-state index in [4.69, 9.17) is 0 Å². The second kappa shape index (κ2) is 5.99. The molecule has 2 rings (SSSR count). The first-order chi connectivity index (χ1) is 9.86. The zero-order valence-corrected chi connectivity index (χ0v) is 12.2. The maximum absolute atomic E-state index is 12.9. The van der Waals surface area contributed by atoms with Crippen LogP contribution in [0.5, 0.6) is 0 Å². The van der Waals surface area contributed by atoms with Gasteiger partial charge in [-0.2, -0.15) is 0 Å². The van der Waals surface area contributed by atoms with Crippen LogP contribution in [0.15, 0.2) is 60.7 Å². The molecule has 2 aromatic rings. The molecule has 0 aliphatic heterocycles. The summed E-state index contributed by atoms with van der Waals surface area (Å²) < 4.78 is 42.0. The fraction of sp³-hybridized carbons (Fsp3) is 0.133. The highest BCUT2D eigenvalue weighted by Gasteiger charge is 2.50. The van der Waals surface area contributed by atoms with Crippen LogP contribution in [0, 0.1) is 0 Å². The van der Waals surface area contributed by atoms with Crippen LogP contribution >= 0.6 is 15.9 Å². The van der Waals surface area contributed by atoms with Gasteiger partial charge in [0.15, 0.2) is 5.60 Å². The molecule has 0 atom stereocenters. The molecule has 0 saturated carbocycles. The Morgan fingerprint density at radius 2 is 1.24 bits per heavy atom. The van der Waals surface area contributed by atoms with Gasteiger partial charge in [0.2, 0.25) is 4.69 Å². The van der Waals surface area contributed by atoms with Crippen LogP contribution in [-0.4, -0.2) is 11.1 Å². The quantitative estimate of drug-likeness (QED) is 0.757. The van der Waals surface area contributed by atoms with Gasteiger partial charge in [-0.05, 0) is 27.1 Å². The molecule has 0 bridgehead atoms. The van der Waals surface area contributed by atoms with Crippen molar-refractivity contribution in [3.05, 3.63) is 71.8 Å². The minimum Gasteiger partial charge on any atom is -0.283 e. The molecule has 21 heavy (non-hydrogen) atoms. The van der Waals surface area contributed by atoms with Crippen molar-refractivity contribution in [2.45, 2.75) is 12.0 Å². The molecule has 2 nitrogen and oxygen atoms in total. The van der Waals surface area contributed by atoms with Crippen molar-refractivity contribution in [1.29, 1.82) is 0 Å². The number of halogens is 4. The molecular formula is C15H10BrF3O2. The third-order valence-corrected chi connectivity index (χ3v) is 3.46. The number of rotatable bonds is 4. The lowest BCUT2D eigenvalue weighted by Gasteiger charge is -2.32. The van der Waals surface area contributed by atoms with Gasteiger partial charge in [-0.25, -0.2) is 0 Å². The van der Waals surface area contributed by atoms with Crippen molar-refractivity contribution in [3.8, 4) is 0 Å². The predicted molar refractivity (Wildman–Crippen MR) is 74.7 cm³/mol. The largest absolute Gasteiger partial charge is 0.524 e. The summed E-state index contributed by atoms with van der Waals surface area (Å²) in [6.45, 7) is 0. The summed E-state index contributed by atoms with van der Waals surface area (Å²) in [4.78, 5) is 12.0. The first kappa shape index (κ1) is 15.7. The van der Waals surface area contributed by atoms with E-state index in [1.165, 1.54) is 24.3 Å². The van der Waals surface area contributed by atoms with Crippen molar-refractivity contribution < 1.29 is 22.7 Å². The number of hydrogen-bond acceptors (Lipinski definition) is 2. The van der Waals surface area contributed by atoms with Gasteiger partial charge < -0.3 is 0 Å². The number of carbonyl (C=O) groups excluding carboxylic acids is 1. The average Bonchev–Trinajstić information content (AvgIpc) is 2.45. The van der Waals surface area contributed by atoms with Crippen LogP contribution in [0.4, 0.5) is 13.2 Å². The fourth-order valence-electron chi connectivity index (χ4n) is 2.07. The normalized spacial score (nSPS) is 12.2. The Balaban J connectivity index is 2.70. The highest BCUT2D eigenvalue weighted by Crippen LogP contribution is 2.41. The number of carbonyl (C=O) groups is 1. The van der Waals surface area contributed by atoms with Crippen molar-refractivity contribution in [2.75, 3.05) is 0 Å². The summed E-state index contributed by atoms with van der Waals surface area (Å²) in [6, 6.07) is 15.1. The van der Waals surface area contributed by atoms with Gasteiger partial charge in [-0.1, -0.05) is 60.7 Å². The first-order valence-corrected chi connectivity index (χ1v) is 6.73. The van der Waals surface area contributed by atoms with E-state index in [9.17, 15) is 18.0 Å². The Kier molecular flexibility index (Phi) is 4.49. The fourth-order valence-corrected chi connectivity index (χ4v) is 2.61. The third-order valence-electron chi connectivity index (χ3n) is 2.91. The summed E-state index contributed by atoms with van der Waals surface area (Å²) in [5.74, 6) is 0. The molecule has 110 valence electrons. The smallest absolute Gasteiger partial charge is 0.283 e. The van der Waals surface area contributed by atoms with Crippen LogP contribution < -0.4 is 0 Å². The van der Waals surface area contributed by atoms with Crippen LogP contribution in [0.25, 0.3) is 0 Å². The minimum atomic E-state index is -4.98. The molecule has 0 aromatic heterocycles. The van der Waals surface area contributed by atoms with E-state index in [1.807, 2.05) is 0 Å². The summed E-state index contributed by atoms with van der Waals surface area (Å²) in [5, 5.41) is 0. The molecule has 0 N–H and O–H groups in total. The standard InChI is InChI=1S/C15H10BrF3O2/c16-13(20)14(21-15(17,18)19,11-7-3-1-4-8-11)12-9-5-2-6-10-12/h1-10H. The van der Waals surface area contributed by atoms with E-state index in [2.05, 4.69) is 20.7 Å². The Morgan fingerprint density at radius 1 is 0.857 bits per heavy atom. The summed E-state index contributed by atoms with van der Waals surface area (Å²) in [5.41, 5.74) is -2.09. The SMILES string of the molecule is O=C(Br)C(OC(F)(F)F)(c1ccccc1)c1ccccc1. The van der Waals surface area contributed by atoms with Crippen LogP contribution in [0.2, 0.25) is 0 Å². The second-order valence-corrected chi connectivity index (χ2v) is 4.95. The van der Waals surface area contributed by atoms with E-state index in [0.717, 1.165) is 0 Å². The molecule has 0 aliphatic carbocycles. The monoisotopic (exact) mass is 358 g/mol. The molecule has 2 aromatic carbocycles. The number of ether oxygens (including phenoxy) is 1. The molecule has 0 heterocycles. The third kappa shape index (κ3) is 3.33. The van der Waals surface area contributed by atoms with Crippen molar-refractivity contribution in [2.24, 2.45) is 0 Å². The van der Waals surface area contributed by atoms with E-state index in [-0.39, 0.29) is 11.1 Å². The number of hydrogen-bond donors (Lipinski definition) is 0. The van der Waals surface area contributed by atoms with Crippen molar-refractivity contribution >= 4 is 20.6 Å². The maximum atomic E-state index is 12.9. The molecule has 0 radical (unpaired) electrons. The highest BCUT2D eigenvalue weighted by atomic mass is 79.9. The molecule has 6 heteroatoms. The van der Waals surface area contributed by atoms with Gasteiger partial charge in [0.25, 0.3) is 0 Å². The van der Waals surface area contributed by atoms with Gasteiger partial charge in [0, 0.05) is 0 Å². The Bertz CT molecular complexity index is 572. The first-order valence-electron chi connectivity index (χ1n) is 5.94. The van der Waals surface area contributed by atoms with Crippen molar-refractivity contribution in [3.63, 3.8) is 0 Å². The summed E-state index contributed by atoms with van der Waals surface area (Å²) in [6.07, 6.45) is -4.98. The molecule has 0 saturated heterocycles. The lowest BCUT2D eigenvalue weighted by atomic mass is 9.87. The maximum Gasteiger partial charge on any atom is 0.524 e. The number of benzene rings is 2. The lowest BCUT2D eigenvalue weighted by Crippen LogP contribution is -2.41. The Labute approximate surface area is 127 Å². The van der Waals surface area contributed by atoms with Gasteiger partial charge in [0.05, 0.1) is 0 Å². The minimum absolute atomic E-state index is 0.0930. The predicted octanol–water partition coefficient (Wildman–Crippen LogP) is 4.39. The molecular weight excluding hydrogens is 349 g/mol. The van der Waals surface area contributed by atoms with Crippen LogP contribution in [0.1, 0.15) is 11.1 Å². The lowest BCUT2D eigenvalue weighted by molar-refractivity contribution is -0.354. The zero-order valence-electron chi connectivity index (χ0n) is 10.6. The second-order valence-electron chi connectivity index (χ2n) is 4.23. The topological polar surface area (TPSA) is 26.3 Å². The molecule has 0 fully saturated rings. The molecule has 0 aliphatic rings. The summed E-state index contributed by atoms with van der Waals surface area (Å²) >= 11 is 2.66. The van der Waals surface area contributed by atoms with Gasteiger partial charge in [-0.15, -0.1) is 13.2 Å². The Morgan fingerprint density at radius 3 is 1.52 bits per heavy atom. The molecule has 0 amide bonds.